The van der Waals surface area contributed by atoms with Crippen molar-refractivity contribution < 1.29 is 19.1 Å². The molecule has 1 aliphatic rings. The van der Waals surface area contributed by atoms with E-state index in [2.05, 4.69) is 18.7 Å². The summed E-state index contributed by atoms with van der Waals surface area (Å²) in [5.41, 5.74) is 2.43. The molecule has 1 N–H and O–H groups in total. The first-order valence-corrected chi connectivity index (χ1v) is 10.0. The van der Waals surface area contributed by atoms with Gasteiger partial charge in [0.1, 0.15) is 17.6 Å². The van der Waals surface area contributed by atoms with E-state index in [0.29, 0.717) is 24.4 Å². The summed E-state index contributed by atoms with van der Waals surface area (Å²) < 4.78 is 5.57. The smallest absolute Gasteiger partial charge is 0.295 e. The fourth-order valence-corrected chi connectivity index (χ4v) is 3.78. The number of rotatable bonds is 7. The van der Waals surface area contributed by atoms with Gasteiger partial charge in [-0.25, -0.2) is 0 Å². The number of carbonyl (C=O) groups excluding carboxylic acids is 2. The minimum atomic E-state index is -0.736. The number of aliphatic hydroxyl groups is 1. The minimum Gasteiger partial charge on any atom is -0.507 e. The summed E-state index contributed by atoms with van der Waals surface area (Å²) in [7, 11) is 0. The average Bonchev–Trinajstić information content (AvgIpc) is 3.32. The lowest BCUT2D eigenvalue weighted by atomic mass is 9.96. The number of ketones is 1. The van der Waals surface area contributed by atoms with Crippen molar-refractivity contribution in [1.29, 1.82) is 0 Å². The molecule has 1 atom stereocenters. The number of amides is 1. The molecule has 2 aromatic rings. The van der Waals surface area contributed by atoms with Crippen LogP contribution in [-0.2, 0) is 9.59 Å². The van der Waals surface area contributed by atoms with Crippen LogP contribution in [0, 0.1) is 13.8 Å². The van der Waals surface area contributed by atoms with E-state index < -0.39 is 17.7 Å². The third kappa shape index (κ3) is 3.98. The summed E-state index contributed by atoms with van der Waals surface area (Å²) >= 11 is 0. The van der Waals surface area contributed by atoms with Crippen LogP contribution in [0.2, 0.25) is 0 Å². The topological polar surface area (TPSA) is 74.0 Å². The van der Waals surface area contributed by atoms with Gasteiger partial charge < -0.3 is 19.3 Å². The maximum Gasteiger partial charge on any atom is 0.295 e. The van der Waals surface area contributed by atoms with Crippen LogP contribution >= 0.6 is 0 Å². The van der Waals surface area contributed by atoms with Crippen LogP contribution < -0.4 is 0 Å². The van der Waals surface area contributed by atoms with Crippen LogP contribution in [0.1, 0.15) is 42.3 Å². The summed E-state index contributed by atoms with van der Waals surface area (Å²) in [6.45, 7) is 10.6. The Bertz CT molecular complexity index is 926. The van der Waals surface area contributed by atoms with Gasteiger partial charge in [-0.2, -0.15) is 0 Å². The van der Waals surface area contributed by atoms with Crippen LogP contribution in [-0.4, -0.2) is 52.8 Å². The number of likely N-dealkylation sites (tertiary alicyclic amines) is 1. The predicted octanol–water partition coefficient (Wildman–Crippen LogP) is 3.66. The first kappa shape index (κ1) is 20.9. The molecule has 3 rings (SSSR count). The largest absolute Gasteiger partial charge is 0.507 e. The summed E-state index contributed by atoms with van der Waals surface area (Å²) in [6.07, 6.45) is 1.51. The molecular formula is C23H28N2O4. The lowest BCUT2D eigenvalue weighted by Crippen LogP contribution is -2.37. The number of benzene rings is 1. The Labute approximate surface area is 171 Å². The third-order valence-electron chi connectivity index (χ3n) is 5.55. The van der Waals surface area contributed by atoms with Gasteiger partial charge in [0, 0.05) is 18.7 Å². The molecule has 1 aromatic heterocycles. The van der Waals surface area contributed by atoms with Crippen molar-refractivity contribution in [2.45, 2.75) is 33.7 Å². The van der Waals surface area contributed by atoms with Gasteiger partial charge in [0.25, 0.3) is 11.7 Å². The quantitative estimate of drug-likeness (QED) is 0.439. The molecule has 0 spiro atoms. The molecule has 6 heteroatoms. The Morgan fingerprint density at radius 1 is 1.17 bits per heavy atom. The Morgan fingerprint density at radius 2 is 1.90 bits per heavy atom. The van der Waals surface area contributed by atoms with E-state index in [4.69, 9.17) is 4.42 Å². The summed E-state index contributed by atoms with van der Waals surface area (Å²) in [6, 6.07) is 8.38. The average molecular weight is 396 g/mol. The maximum absolute atomic E-state index is 13.0. The molecule has 1 fully saturated rings. The maximum atomic E-state index is 13.0. The molecule has 1 unspecified atom stereocenters. The standard InChI is InChI=1S/C23H28N2O4/c1-5-24(6-2)11-12-25-20(18-8-7-13-29-18)19(22(27)23(25)28)21(26)17-14-15(3)9-10-16(17)4/h7-10,13-14,20,26H,5-6,11-12H2,1-4H3. The number of hydrogen-bond acceptors (Lipinski definition) is 5. The normalized spacial score (nSPS) is 18.8. The molecular weight excluding hydrogens is 368 g/mol. The van der Waals surface area contributed by atoms with E-state index in [1.165, 1.54) is 11.2 Å². The van der Waals surface area contributed by atoms with Gasteiger partial charge in [-0.1, -0.05) is 31.5 Å². The van der Waals surface area contributed by atoms with Gasteiger partial charge in [0.05, 0.1) is 11.8 Å². The van der Waals surface area contributed by atoms with Crippen molar-refractivity contribution in [3.63, 3.8) is 0 Å². The Balaban J connectivity index is 2.09. The summed E-state index contributed by atoms with van der Waals surface area (Å²) in [4.78, 5) is 29.5. The number of nitrogens with zero attached hydrogens (tertiary/aromatic N) is 2. The van der Waals surface area contributed by atoms with Gasteiger partial charge in [0.15, 0.2) is 0 Å². The molecule has 1 aromatic carbocycles. The molecule has 1 saturated heterocycles. The van der Waals surface area contributed by atoms with Crippen LogP contribution in [0.25, 0.3) is 5.76 Å². The highest BCUT2D eigenvalue weighted by atomic mass is 16.3. The number of aryl methyl sites for hydroxylation is 2. The first-order valence-electron chi connectivity index (χ1n) is 10.0. The van der Waals surface area contributed by atoms with E-state index in [0.717, 1.165) is 24.2 Å². The predicted molar refractivity (Wildman–Crippen MR) is 111 cm³/mol. The lowest BCUT2D eigenvalue weighted by molar-refractivity contribution is -0.140. The van der Waals surface area contributed by atoms with Crippen molar-refractivity contribution in [3.05, 3.63) is 64.6 Å². The van der Waals surface area contributed by atoms with Crippen molar-refractivity contribution in [2.24, 2.45) is 0 Å². The van der Waals surface area contributed by atoms with Crippen molar-refractivity contribution in [1.82, 2.24) is 9.80 Å². The van der Waals surface area contributed by atoms with Crippen molar-refractivity contribution >= 4 is 17.4 Å². The molecule has 0 aliphatic carbocycles. The minimum absolute atomic E-state index is 0.0817. The molecule has 0 bridgehead atoms. The second-order valence-electron chi connectivity index (χ2n) is 7.35. The molecule has 2 heterocycles. The zero-order valence-electron chi connectivity index (χ0n) is 17.4. The first-order chi connectivity index (χ1) is 13.9. The molecule has 1 amide bonds. The lowest BCUT2D eigenvalue weighted by Gasteiger charge is -2.26. The van der Waals surface area contributed by atoms with E-state index in [9.17, 15) is 14.7 Å². The zero-order valence-corrected chi connectivity index (χ0v) is 17.4. The van der Waals surface area contributed by atoms with E-state index >= 15 is 0 Å². The van der Waals surface area contributed by atoms with Gasteiger partial charge in [0.2, 0.25) is 0 Å². The molecule has 154 valence electrons. The number of carbonyl (C=O) groups is 2. The number of furan rings is 1. The van der Waals surface area contributed by atoms with Gasteiger partial charge in [-0.15, -0.1) is 0 Å². The van der Waals surface area contributed by atoms with Crippen molar-refractivity contribution in [2.75, 3.05) is 26.2 Å². The third-order valence-corrected chi connectivity index (χ3v) is 5.55. The number of hydrogen-bond donors (Lipinski definition) is 1. The molecule has 1 aliphatic heterocycles. The van der Waals surface area contributed by atoms with Crippen LogP contribution in [0.4, 0.5) is 0 Å². The Morgan fingerprint density at radius 3 is 2.52 bits per heavy atom. The molecule has 0 radical (unpaired) electrons. The monoisotopic (exact) mass is 396 g/mol. The van der Waals surface area contributed by atoms with E-state index in [1.54, 1.807) is 12.1 Å². The number of likely N-dealkylation sites (N-methyl/N-ethyl adjacent to an activating group) is 1. The SMILES string of the molecule is CCN(CC)CCN1C(=O)C(=O)C(=C(O)c2cc(C)ccc2C)C1c1ccco1. The highest BCUT2D eigenvalue weighted by Gasteiger charge is 2.47. The molecule has 0 saturated carbocycles. The zero-order chi connectivity index (χ0) is 21.1. The van der Waals surface area contributed by atoms with Crippen molar-refractivity contribution in [3.8, 4) is 0 Å². The second-order valence-corrected chi connectivity index (χ2v) is 7.35. The summed E-state index contributed by atoms with van der Waals surface area (Å²) in [5, 5.41) is 11.1. The molecule has 6 nitrogen and oxygen atoms in total. The highest BCUT2D eigenvalue weighted by molar-refractivity contribution is 6.46. The number of Topliss-reactive ketones (excluding diaryl/α,β-unsaturated/α-hetero) is 1. The highest BCUT2D eigenvalue weighted by Crippen LogP contribution is 2.39. The Hall–Kier alpha value is -2.86. The van der Waals surface area contributed by atoms with Crippen LogP contribution in [0.15, 0.2) is 46.6 Å². The van der Waals surface area contributed by atoms with E-state index in [1.807, 2.05) is 32.0 Å². The molecule has 29 heavy (non-hydrogen) atoms. The van der Waals surface area contributed by atoms with Gasteiger partial charge in [-0.05, 0) is 50.7 Å². The van der Waals surface area contributed by atoms with Crippen LogP contribution in [0.3, 0.4) is 0 Å². The van der Waals surface area contributed by atoms with E-state index in [-0.39, 0.29) is 11.3 Å². The van der Waals surface area contributed by atoms with Gasteiger partial charge in [-0.3, -0.25) is 9.59 Å². The Kier molecular flexibility index (Phi) is 6.23. The fourth-order valence-electron chi connectivity index (χ4n) is 3.78. The second kappa shape index (κ2) is 8.66. The van der Waals surface area contributed by atoms with Crippen LogP contribution in [0.5, 0.6) is 0 Å². The summed E-state index contributed by atoms with van der Waals surface area (Å²) in [5.74, 6) is -0.971. The van der Waals surface area contributed by atoms with Gasteiger partial charge >= 0.3 is 0 Å². The number of aliphatic hydroxyl groups excluding tert-OH is 1. The fraction of sp³-hybridized carbons (Fsp3) is 0.391.